The van der Waals surface area contributed by atoms with Crippen LogP contribution in [0.5, 0.6) is 0 Å². The molecule has 0 saturated heterocycles. The first kappa shape index (κ1) is 12.6. The first-order valence-corrected chi connectivity index (χ1v) is 7.37. The third-order valence-corrected chi connectivity index (χ3v) is 4.33. The van der Waals surface area contributed by atoms with Gasteiger partial charge < -0.3 is 4.98 Å². The highest BCUT2D eigenvalue weighted by atomic mass is 79.9. The minimum absolute atomic E-state index is 0.0479. The molecule has 0 spiro atoms. The van der Waals surface area contributed by atoms with Gasteiger partial charge in [0.15, 0.2) is 0 Å². The summed E-state index contributed by atoms with van der Waals surface area (Å²) < 4.78 is 1.05. The van der Waals surface area contributed by atoms with E-state index in [4.69, 9.17) is 0 Å². The van der Waals surface area contributed by atoms with Crippen LogP contribution in [0.2, 0.25) is 0 Å². The largest absolute Gasteiger partial charge is 0.310 e. The molecule has 1 N–H and O–H groups in total. The highest BCUT2D eigenvalue weighted by molar-refractivity contribution is 9.10. The predicted octanol–water partition coefficient (Wildman–Crippen LogP) is 3.00. The lowest BCUT2D eigenvalue weighted by Crippen LogP contribution is -2.23. The summed E-state index contributed by atoms with van der Waals surface area (Å²) in [5.41, 5.74) is 3.08. The van der Waals surface area contributed by atoms with Crippen LogP contribution in [0.4, 0.5) is 0 Å². The lowest BCUT2D eigenvalue weighted by atomic mass is 9.97. The van der Waals surface area contributed by atoms with Crippen LogP contribution >= 0.6 is 15.9 Å². The maximum absolute atomic E-state index is 12.1. The van der Waals surface area contributed by atoms with Crippen LogP contribution in [-0.2, 0) is 19.3 Å². The Balaban J connectivity index is 1.96. The van der Waals surface area contributed by atoms with E-state index in [1.807, 2.05) is 24.3 Å². The Morgan fingerprint density at radius 3 is 2.84 bits per heavy atom. The number of nitrogens with zero attached hydrogens (tertiary/aromatic N) is 1. The van der Waals surface area contributed by atoms with Crippen molar-refractivity contribution >= 4 is 15.9 Å². The number of aromatic nitrogens is 2. The zero-order valence-corrected chi connectivity index (χ0v) is 12.2. The summed E-state index contributed by atoms with van der Waals surface area (Å²) >= 11 is 3.53. The van der Waals surface area contributed by atoms with Crippen molar-refractivity contribution in [3.8, 4) is 0 Å². The molecule has 0 unspecified atom stereocenters. The molecular weight excluding hydrogens is 304 g/mol. The molecule has 0 radical (unpaired) electrons. The number of fused-ring (bicyclic) bond motifs is 1. The van der Waals surface area contributed by atoms with E-state index in [2.05, 4.69) is 25.9 Å². The molecule has 0 fully saturated rings. The van der Waals surface area contributed by atoms with Crippen molar-refractivity contribution in [3.05, 3.63) is 61.7 Å². The normalized spacial score (nSPS) is 14.2. The van der Waals surface area contributed by atoms with Crippen LogP contribution in [0, 0.1) is 0 Å². The molecule has 0 amide bonds. The van der Waals surface area contributed by atoms with Gasteiger partial charge in [0.05, 0.1) is 5.69 Å². The molecule has 19 heavy (non-hydrogen) atoms. The fourth-order valence-electron chi connectivity index (χ4n) is 2.56. The second kappa shape index (κ2) is 5.29. The van der Waals surface area contributed by atoms with Gasteiger partial charge in [-0.15, -0.1) is 0 Å². The van der Waals surface area contributed by atoms with Crippen molar-refractivity contribution in [3.63, 3.8) is 0 Å². The lowest BCUT2D eigenvalue weighted by Gasteiger charge is -2.14. The molecule has 98 valence electrons. The Bertz CT molecular complexity index is 663. The monoisotopic (exact) mass is 318 g/mol. The lowest BCUT2D eigenvalue weighted by molar-refractivity contribution is 0.648. The van der Waals surface area contributed by atoms with Gasteiger partial charge in [-0.25, -0.2) is 4.98 Å². The molecule has 3 nitrogen and oxygen atoms in total. The molecule has 0 saturated carbocycles. The molecular formula is C15H15BrN2O. The van der Waals surface area contributed by atoms with Gasteiger partial charge in [0.25, 0.3) is 5.56 Å². The van der Waals surface area contributed by atoms with Gasteiger partial charge in [-0.05, 0) is 37.3 Å². The second-order valence-electron chi connectivity index (χ2n) is 4.91. The molecule has 0 atom stereocenters. The van der Waals surface area contributed by atoms with E-state index in [0.29, 0.717) is 6.42 Å². The Kier molecular flexibility index (Phi) is 3.51. The number of benzene rings is 1. The first-order chi connectivity index (χ1) is 9.24. The number of halogens is 1. The van der Waals surface area contributed by atoms with E-state index >= 15 is 0 Å². The second-order valence-corrected chi connectivity index (χ2v) is 5.77. The molecule has 3 rings (SSSR count). The summed E-state index contributed by atoms with van der Waals surface area (Å²) in [6.07, 6.45) is 4.69. The number of H-pyrrole nitrogens is 1. The van der Waals surface area contributed by atoms with E-state index in [0.717, 1.165) is 52.8 Å². The minimum Gasteiger partial charge on any atom is -0.310 e. The quantitative estimate of drug-likeness (QED) is 0.925. The van der Waals surface area contributed by atoms with Gasteiger partial charge in [0, 0.05) is 16.5 Å². The van der Waals surface area contributed by atoms with Crippen molar-refractivity contribution in [2.45, 2.75) is 32.1 Å². The number of aryl methyl sites for hydroxylation is 1. The smallest absolute Gasteiger partial charge is 0.254 e. The van der Waals surface area contributed by atoms with Crippen molar-refractivity contribution in [2.24, 2.45) is 0 Å². The van der Waals surface area contributed by atoms with Crippen molar-refractivity contribution in [1.29, 1.82) is 0 Å². The van der Waals surface area contributed by atoms with Gasteiger partial charge in [0.1, 0.15) is 5.82 Å². The third-order valence-electron chi connectivity index (χ3n) is 3.56. The van der Waals surface area contributed by atoms with Gasteiger partial charge in [-0.3, -0.25) is 4.79 Å². The zero-order chi connectivity index (χ0) is 13.2. The average molecular weight is 319 g/mol. The number of aromatic amines is 1. The number of nitrogens with one attached hydrogen (secondary N) is 1. The van der Waals surface area contributed by atoms with Crippen LogP contribution in [0.1, 0.15) is 35.5 Å². The van der Waals surface area contributed by atoms with Gasteiger partial charge >= 0.3 is 0 Å². The van der Waals surface area contributed by atoms with Gasteiger partial charge in [-0.2, -0.15) is 0 Å². The fourth-order valence-corrected chi connectivity index (χ4v) is 2.99. The zero-order valence-electron chi connectivity index (χ0n) is 10.6. The molecule has 4 heteroatoms. The Labute approximate surface area is 120 Å². The van der Waals surface area contributed by atoms with E-state index < -0.39 is 0 Å². The Hall–Kier alpha value is -1.42. The van der Waals surface area contributed by atoms with E-state index in [1.54, 1.807) is 0 Å². The van der Waals surface area contributed by atoms with Crippen LogP contribution in [-0.4, -0.2) is 9.97 Å². The maximum atomic E-state index is 12.1. The number of hydrogen-bond donors (Lipinski definition) is 1. The van der Waals surface area contributed by atoms with Crippen molar-refractivity contribution in [1.82, 2.24) is 9.97 Å². The molecule has 1 heterocycles. The molecule has 1 aromatic heterocycles. The molecule has 0 bridgehead atoms. The topological polar surface area (TPSA) is 45.8 Å². The molecule has 1 aliphatic rings. The van der Waals surface area contributed by atoms with E-state index in [1.165, 1.54) is 0 Å². The van der Waals surface area contributed by atoms with E-state index in [-0.39, 0.29) is 5.56 Å². The van der Waals surface area contributed by atoms with Crippen LogP contribution in [0.3, 0.4) is 0 Å². The van der Waals surface area contributed by atoms with Crippen molar-refractivity contribution < 1.29 is 0 Å². The SMILES string of the molecule is O=c1[nH]c(Cc2ccccc2Br)nc2c1CCCC2. The van der Waals surface area contributed by atoms with Crippen LogP contribution < -0.4 is 5.56 Å². The Morgan fingerprint density at radius 2 is 2.00 bits per heavy atom. The van der Waals surface area contributed by atoms with Gasteiger partial charge in [0.2, 0.25) is 0 Å². The molecule has 2 aromatic rings. The molecule has 1 aromatic carbocycles. The highest BCUT2D eigenvalue weighted by Crippen LogP contribution is 2.20. The van der Waals surface area contributed by atoms with E-state index in [9.17, 15) is 4.79 Å². The standard InChI is InChI=1S/C15H15BrN2O/c16-12-7-3-1-5-10(12)9-14-17-13-8-4-2-6-11(13)15(19)18-14/h1,3,5,7H,2,4,6,8-9H2,(H,17,18,19). The van der Waals surface area contributed by atoms with Crippen molar-refractivity contribution in [2.75, 3.05) is 0 Å². The maximum Gasteiger partial charge on any atom is 0.254 e. The minimum atomic E-state index is 0.0479. The summed E-state index contributed by atoms with van der Waals surface area (Å²) in [5.74, 6) is 0.762. The highest BCUT2D eigenvalue weighted by Gasteiger charge is 2.15. The summed E-state index contributed by atoms with van der Waals surface area (Å²) in [4.78, 5) is 19.6. The summed E-state index contributed by atoms with van der Waals surface area (Å²) in [5, 5.41) is 0. The van der Waals surface area contributed by atoms with Crippen LogP contribution in [0.25, 0.3) is 0 Å². The Morgan fingerprint density at radius 1 is 1.21 bits per heavy atom. The van der Waals surface area contributed by atoms with Crippen LogP contribution in [0.15, 0.2) is 33.5 Å². The molecule has 1 aliphatic carbocycles. The third kappa shape index (κ3) is 2.63. The summed E-state index contributed by atoms with van der Waals surface area (Å²) in [6.45, 7) is 0. The first-order valence-electron chi connectivity index (χ1n) is 6.58. The number of rotatable bonds is 2. The summed E-state index contributed by atoms with van der Waals surface area (Å²) in [6, 6.07) is 8.03. The van der Waals surface area contributed by atoms with Gasteiger partial charge in [-0.1, -0.05) is 34.1 Å². The number of hydrogen-bond acceptors (Lipinski definition) is 2. The summed E-state index contributed by atoms with van der Waals surface area (Å²) in [7, 11) is 0. The fraction of sp³-hybridized carbons (Fsp3) is 0.333. The molecule has 0 aliphatic heterocycles. The predicted molar refractivity (Wildman–Crippen MR) is 78.4 cm³/mol. The average Bonchev–Trinajstić information content (AvgIpc) is 2.42.